The van der Waals surface area contributed by atoms with Crippen molar-refractivity contribution in [3.63, 3.8) is 0 Å². The second-order valence-electron chi connectivity index (χ2n) is 5.22. The van der Waals surface area contributed by atoms with E-state index < -0.39 is 0 Å². The third-order valence-electron chi connectivity index (χ3n) is 3.18. The first-order valence-electron chi connectivity index (χ1n) is 7.52. The summed E-state index contributed by atoms with van der Waals surface area (Å²) in [5.41, 5.74) is 19.6. The maximum Gasteiger partial charge on any atom is 0.230 e. The second kappa shape index (κ2) is 7.40. The van der Waals surface area contributed by atoms with Crippen molar-refractivity contribution in [3.05, 3.63) is 41.7 Å². The number of hydrogen-bond donors (Lipinski definition) is 3. The summed E-state index contributed by atoms with van der Waals surface area (Å²) < 4.78 is 0. The number of nitrogens with zero attached hydrogens (tertiary/aromatic N) is 5. The molecule has 8 nitrogen and oxygen atoms in total. The van der Waals surface area contributed by atoms with Gasteiger partial charge in [0.05, 0.1) is 5.69 Å². The topological polar surface area (TPSA) is 132 Å². The Morgan fingerprint density at radius 2 is 1.62 bits per heavy atom. The second-order valence-corrected chi connectivity index (χ2v) is 5.22. The lowest BCUT2D eigenvalue weighted by molar-refractivity contribution is 0.920. The number of benzene rings is 1. The summed E-state index contributed by atoms with van der Waals surface area (Å²) in [6, 6.07) is 9.45. The van der Waals surface area contributed by atoms with Gasteiger partial charge in [0.2, 0.25) is 11.9 Å². The Morgan fingerprint density at radius 3 is 2.12 bits per heavy atom. The van der Waals surface area contributed by atoms with Crippen molar-refractivity contribution in [1.29, 1.82) is 0 Å². The number of aromatic nitrogens is 2. The van der Waals surface area contributed by atoms with Crippen molar-refractivity contribution in [2.75, 3.05) is 11.4 Å². The van der Waals surface area contributed by atoms with E-state index in [-0.39, 0.29) is 11.9 Å². The molecule has 0 spiro atoms. The highest BCUT2D eigenvalue weighted by molar-refractivity contribution is 5.93. The molecular formula is C16H22N8. The van der Waals surface area contributed by atoms with Crippen LogP contribution in [-0.4, -0.2) is 28.4 Å². The van der Waals surface area contributed by atoms with E-state index in [9.17, 15) is 0 Å². The molecule has 0 fully saturated rings. The summed E-state index contributed by atoms with van der Waals surface area (Å²) in [6.07, 6.45) is 0. The van der Waals surface area contributed by atoms with Gasteiger partial charge < -0.3 is 22.1 Å². The molecule has 1 aromatic carbocycles. The Morgan fingerprint density at radius 1 is 1.04 bits per heavy atom. The van der Waals surface area contributed by atoms with E-state index in [0.717, 1.165) is 23.6 Å². The van der Waals surface area contributed by atoms with Crippen LogP contribution in [0, 0.1) is 13.8 Å². The fraction of sp³-hybridized carbons (Fsp3) is 0.250. The highest BCUT2D eigenvalue weighted by Crippen LogP contribution is 2.25. The Labute approximate surface area is 141 Å². The van der Waals surface area contributed by atoms with Gasteiger partial charge in [0.15, 0.2) is 5.96 Å². The Bertz CT molecular complexity index is 740. The van der Waals surface area contributed by atoms with Gasteiger partial charge in [-0.3, -0.25) is 0 Å². The molecule has 0 saturated carbocycles. The molecule has 0 amide bonds. The summed E-state index contributed by atoms with van der Waals surface area (Å²) in [5.74, 6) is 0.552. The van der Waals surface area contributed by atoms with Gasteiger partial charge in [-0.1, -0.05) is 0 Å². The normalized spacial score (nSPS) is 11.2. The van der Waals surface area contributed by atoms with Crippen molar-refractivity contribution >= 4 is 29.2 Å². The van der Waals surface area contributed by atoms with Crippen LogP contribution in [0.25, 0.3) is 0 Å². The molecule has 0 atom stereocenters. The Kier molecular flexibility index (Phi) is 5.31. The SMILES string of the molecule is CCN(c1ccc(N=C(N)N=C(N)N)cc1)c1nc(C)cc(C)n1. The molecular weight excluding hydrogens is 304 g/mol. The third-order valence-corrected chi connectivity index (χ3v) is 3.18. The molecule has 6 N–H and O–H groups in total. The predicted octanol–water partition coefficient (Wildman–Crippen LogP) is 1.47. The van der Waals surface area contributed by atoms with E-state index in [0.29, 0.717) is 11.6 Å². The first-order valence-corrected chi connectivity index (χ1v) is 7.52. The fourth-order valence-corrected chi connectivity index (χ4v) is 2.26. The number of nitrogens with two attached hydrogens (primary N) is 3. The van der Waals surface area contributed by atoms with E-state index in [1.165, 1.54) is 0 Å². The molecule has 0 unspecified atom stereocenters. The van der Waals surface area contributed by atoms with Crippen LogP contribution in [0.5, 0.6) is 0 Å². The number of hydrogen-bond acceptors (Lipinski definition) is 4. The Hall–Kier alpha value is -3.16. The molecule has 1 aromatic heterocycles. The average Bonchev–Trinajstić information content (AvgIpc) is 2.48. The minimum absolute atomic E-state index is 0.00717. The molecule has 2 aromatic rings. The summed E-state index contributed by atoms with van der Waals surface area (Å²) >= 11 is 0. The average molecular weight is 326 g/mol. The van der Waals surface area contributed by atoms with Gasteiger partial charge in [-0.05, 0) is 51.1 Å². The first kappa shape index (κ1) is 17.2. The minimum Gasteiger partial charge on any atom is -0.370 e. The molecule has 0 saturated heterocycles. The smallest absolute Gasteiger partial charge is 0.230 e. The highest BCUT2D eigenvalue weighted by atomic mass is 15.3. The lowest BCUT2D eigenvalue weighted by Gasteiger charge is -2.21. The number of guanidine groups is 2. The van der Waals surface area contributed by atoms with Crippen molar-refractivity contribution in [2.24, 2.45) is 27.2 Å². The first-order chi connectivity index (χ1) is 11.4. The van der Waals surface area contributed by atoms with Crippen LogP contribution in [0.1, 0.15) is 18.3 Å². The maximum absolute atomic E-state index is 5.63. The van der Waals surface area contributed by atoms with Crippen LogP contribution in [0.15, 0.2) is 40.3 Å². The van der Waals surface area contributed by atoms with Gasteiger partial charge in [0.1, 0.15) is 0 Å². The van der Waals surface area contributed by atoms with E-state index >= 15 is 0 Å². The van der Waals surface area contributed by atoms with Crippen molar-refractivity contribution < 1.29 is 0 Å². The quantitative estimate of drug-likeness (QED) is 0.576. The molecule has 0 aliphatic rings. The van der Waals surface area contributed by atoms with Crippen LogP contribution in [0.4, 0.5) is 17.3 Å². The lowest BCUT2D eigenvalue weighted by atomic mass is 10.2. The molecule has 1 heterocycles. The number of aliphatic imine (C=N–C) groups is 2. The van der Waals surface area contributed by atoms with E-state index in [1.54, 1.807) is 0 Å². The van der Waals surface area contributed by atoms with Crippen molar-refractivity contribution in [2.45, 2.75) is 20.8 Å². The molecule has 24 heavy (non-hydrogen) atoms. The minimum atomic E-state index is -0.128. The van der Waals surface area contributed by atoms with Gasteiger partial charge >= 0.3 is 0 Å². The van der Waals surface area contributed by atoms with Gasteiger partial charge in [-0.25, -0.2) is 15.0 Å². The van der Waals surface area contributed by atoms with Crippen LogP contribution >= 0.6 is 0 Å². The summed E-state index contributed by atoms with van der Waals surface area (Å²) in [6.45, 7) is 6.69. The van der Waals surface area contributed by atoms with Gasteiger partial charge in [0, 0.05) is 23.6 Å². The van der Waals surface area contributed by atoms with Crippen LogP contribution in [-0.2, 0) is 0 Å². The molecule has 8 heteroatoms. The summed E-state index contributed by atoms with van der Waals surface area (Å²) in [5, 5.41) is 0. The fourth-order valence-electron chi connectivity index (χ4n) is 2.26. The molecule has 0 bridgehead atoms. The largest absolute Gasteiger partial charge is 0.370 e. The van der Waals surface area contributed by atoms with Gasteiger partial charge in [-0.15, -0.1) is 0 Å². The predicted molar refractivity (Wildman–Crippen MR) is 97.7 cm³/mol. The van der Waals surface area contributed by atoms with Crippen molar-refractivity contribution in [3.8, 4) is 0 Å². The van der Waals surface area contributed by atoms with E-state index in [1.807, 2.05) is 56.0 Å². The highest BCUT2D eigenvalue weighted by Gasteiger charge is 2.11. The Balaban J connectivity index is 2.29. The molecule has 126 valence electrons. The zero-order valence-electron chi connectivity index (χ0n) is 14.1. The van der Waals surface area contributed by atoms with Gasteiger partial charge in [0.25, 0.3) is 0 Å². The van der Waals surface area contributed by atoms with Crippen LogP contribution in [0.2, 0.25) is 0 Å². The third kappa shape index (κ3) is 4.42. The van der Waals surface area contributed by atoms with E-state index in [4.69, 9.17) is 17.2 Å². The standard InChI is InChI=1S/C16H22N8/c1-4-24(16-20-10(2)9-11(3)21-16)13-7-5-12(6-8-13)22-15(19)23-14(17)18/h5-9H,4H2,1-3H3,(H6,17,18,19,22,23). The summed E-state index contributed by atoms with van der Waals surface area (Å²) in [4.78, 5) is 18.8. The van der Waals surface area contributed by atoms with Gasteiger partial charge in [-0.2, -0.15) is 4.99 Å². The van der Waals surface area contributed by atoms with Crippen molar-refractivity contribution in [1.82, 2.24) is 9.97 Å². The zero-order chi connectivity index (χ0) is 17.7. The maximum atomic E-state index is 5.63. The number of rotatable bonds is 4. The number of anilines is 2. The molecule has 2 rings (SSSR count). The monoisotopic (exact) mass is 326 g/mol. The van der Waals surface area contributed by atoms with Crippen LogP contribution in [0.3, 0.4) is 0 Å². The molecule has 0 radical (unpaired) electrons. The molecule has 0 aliphatic carbocycles. The lowest BCUT2D eigenvalue weighted by Crippen LogP contribution is -2.26. The summed E-state index contributed by atoms with van der Waals surface area (Å²) in [7, 11) is 0. The molecule has 0 aliphatic heterocycles. The van der Waals surface area contributed by atoms with Crippen LogP contribution < -0.4 is 22.1 Å². The van der Waals surface area contributed by atoms with E-state index in [2.05, 4.69) is 20.0 Å². The zero-order valence-corrected chi connectivity index (χ0v) is 14.1. The number of aryl methyl sites for hydroxylation is 2.